The van der Waals surface area contributed by atoms with Gasteiger partial charge < -0.3 is 9.47 Å². The highest BCUT2D eigenvalue weighted by atomic mass is 16.7. The molecule has 0 amide bonds. The predicted molar refractivity (Wildman–Crippen MR) is 57.6 cm³/mol. The van der Waals surface area contributed by atoms with Crippen LogP contribution in [0, 0.1) is 11.3 Å². The van der Waals surface area contributed by atoms with Crippen LogP contribution in [0.2, 0.25) is 0 Å². The number of hydrogen-bond acceptors (Lipinski definition) is 3. The molecule has 0 radical (unpaired) electrons. The molecule has 0 spiro atoms. The van der Waals surface area contributed by atoms with E-state index in [1.807, 2.05) is 0 Å². The van der Waals surface area contributed by atoms with E-state index in [-0.39, 0.29) is 6.79 Å². The second-order valence-corrected chi connectivity index (χ2v) is 2.98. The van der Waals surface area contributed by atoms with Crippen molar-refractivity contribution in [3.8, 4) is 11.8 Å². The molecule has 1 aromatic carbocycles. The fourth-order valence-corrected chi connectivity index (χ4v) is 1.23. The molecule has 0 N–H and O–H groups in total. The van der Waals surface area contributed by atoms with Crippen LogP contribution in [-0.2, 0) is 11.2 Å². The number of benzene rings is 1. The summed E-state index contributed by atoms with van der Waals surface area (Å²) in [6.45, 7) is 3.87. The van der Waals surface area contributed by atoms with Gasteiger partial charge in [-0.05, 0) is 30.2 Å². The summed E-state index contributed by atoms with van der Waals surface area (Å²) in [6.07, 6.45) is 2.45. The van der Waals surface area contributed by atoms with Crippen molar-refractivity contribution in [3.63, 3.8) is 0 Å². The minimum absolute atomic E-state index is 0.204. The zero-order valence-electron chi connectivity index (χ0n) is 8.69. The van der Waals surface area contributed by atoms with Gasteiger partial charge >= 0.3 is 0 Å². The lowest BCUT2D eigenvalue weighted by atomic mass is 10.1. The molecule has 0 saturated carbocycles. The highest BCUT2D eigenvalue weighted by molar-refractivity contribution is 5.42. The third-order valence-electron chi connectivity index (χ3n) is 1.89. The van der Waals surface area contributed by atoms with E-state index in [1.54, 1.807) is 31.4 Å². The van der Waals surface area contributed by atoms with Crippen LogP contribution in [0.4, 0.5) is 0 Å². The quantitative estimate of drug-likeness (QED) is 0.544. The molecule has 3 nitrogen and oxygen atoms in total. The number of nitriles is 1. The number of ether oxygens (including phenoxy) is 2. The van der Waals surface area contributed by atoms with Crippen LogP contribution in [0.1, 0.15) is 11.1 Å². The summed E-state index contributed by atoms with van der Waals surface area (Å²) in [5, 5.41) is 8.76. The predicted octanol–water partition coefficient (Wildman–Crippen LogP) is 2.27. The molecule has 0 heterocycles. The number of allylic oxidation sites excluding steroid dienone is 1. The van der Waals surface area contributed by atoms with Gasteiger partial charge in [0.1, 0.15) is 5.75 Å². The van der Waals surface area contributed by atoms with Gasteiger partial charge in [0.05, 0.1) is 11.6 Å². The Morgan fingerprint density at radius 1 is 1.53 bits per heavy atom. The Morgan fingerprint density at radius 2 is 2.33 bits per heavy atom. The van der Waals surface area contributed by atoms with Crippen LogP contribution in [0.25, 0.3) is 0 Å². The average Bonchev–Trinajstić information content (AvgIpc) is 2.27. The lowest BCUT2D eigenvalue weighted by molar-refractivity contribution is 0.0505. The maximum atomic E-state index is 8.76. The Morgan fingerprint density at radius 3 is 2.93 bits per heavy atom. The first-order chi connectivity index (χ1) is 7.31. The summed E-state index contributed by atoms with van der Waals surface area (Å²) in [7, 11) is 1.57. The molecule has 0 fully saturated rings. The second-order valence-electron chi connectivity index (χ2n) is 2.98. The Balaban J connectivity index is 2.93. The van der Waals surface area contributed by atoms with E-state index in [4.69, 9.17) is 14.7 Å². The number of rotatable bonds is 5. The first-order valence-corrected chi connectivity index (χ1v) is 4.57. The molecule has 0 aromatic heterocycles. The van der Waals surface area contributed by atoms with Crippen LogP contribution in [-0.4, -0.2) is 13.9 Å². The van der Waals surface area contributed by atoms with Gasteiger partial charge in [0.15, 0.2) is 6.79 Å². The van der Waals surface area contributed by atoms with Crippen molar-refractivity contribution in [3.05, 3.63) is 42.0 Å². The maximum Gasteiger partial charge on any atom is 0.188 e. The molecule has 0 aliphatic rings. The third-order valence-corrected chi connectivity index (χ3v) is 1.89. The zero-order valence-corrected chi connectivity index (χ0v) is 8.69. The normalized spacial score (nSPS) is 9.33. The van der Waals surface area contributed by atoms with Gasteiger partial charge in [-0.2, -0.15) is 5.26 Å². The number of hydrogen-bond donors (Lipinski definition) is 0. The first-order valence-electron chi connectivity index (χ1n) is 4.57. The second kappa shape index (κ2) is 5.84. The molecule has 0 atom stereocenters. The van der Waals surface area contributed by atoms with Crippen molar-refractivity contribution in [2.45, 2.75) is 6.42 Å². The average molecular weight is 203 g/mol. The van der Waals surface area contributed by atoms with Gasteiger partial charge in [0.2, 0.25) is 0 Å². The molecule has 0 aliphatic heterocycles. The van der Waals surface area contributed by atoms with Crippen molar-refractivity contribution in [2.75, 3.05) is 13.9 Å². The lowest BCUT2D eigenvalue weighted by Gasteiger charge is -2.09. The molecule has 15 heavy (non-hydrogen) atoms. The largest absolute Gasteiger partial charge is 0.467 e. The van der Waals surface area contributed by atoms with Crippen molar-refractivity contribution < 1.29 is 9.47 Å². The van der Waals surface area contributed by atoms with E-state index in [0.717, 1.165) is 11.3 Å². The van der Waals surface area contributed by atoms with Crippen LogP contribution < -0.4 is 4.74 Å². The minimum atomic E-state index is 0.204. The summed E-state index contributed by atoms with van der Waals surface area (Å²) in [5.41, 5.74) is 1.57. The van der Waals surface area contributed by atoms with E-state index >= 15 is 0 Å². The van der Waals surface area contributed by atoms with Crippen LogP contribution >= 0.6 is 0 Å². The molecule has 0 saturated heterocycles. The molecule has 3 heteroatoms. The van der Waals surface area contributed by atoms with Gasteiger partial charge in [-0.1, -0.05) is 6.08 Å². The van der Waals surface area contributed by atoms with Crippen molar-refractivity contribution >= 4 is 0 Å². The van der Waals surface area contributed by atoms with Gasteiger partial charge in [0, 0.05) is 7.11 Å². The summed E-state index contributed by atoms with van der Waals surface area (Å²) >= 11 is 0. The Labute approximate surface area is 89.6 Å². The van der Waals surface area contributed by atoms with E-state index in [1.165, 1.54) is 0 Å². The third kappa shape index (κ3) is 3.12. The van der Waals surface area contributed by atoms with Gasteiger partial charge in [-0.3, -0.25) is 0 Å². The highest BCUT2D eigenvalue weighted by Crippen LogP contribution is 2.20. The number of methoxy groups -OCH3 is 1. The molecule has 0 bridgehead atoms. The zero-order chi connectivity index (χ0) is 11.1. The molecular weight excluding hydrogens is 190 g/mol. The molecule has 1 rings (SSSR count). The van der Waals surface area contributed by atoms with Crippen LogP contribution in [0.15, 0.2) is 30.9 Å². The first kappa shape index (κ1) is 11.3. The van der Waals surface area contributed by atoms with Crippen LogP contribution in [0.3, 0.4) is 0 Å². The summed E-state index contributed by atoms with van der Waals surface area (Å²) in [5.74, 6) is 0.732. The van der Waals surface area contributed by atoms with Crippen molar-refractivity contribution in [2.24, 2.45) is 0 Å². The van der Waals surface area contributed by atoms with E-state index in [9.17, 15) is 0 Å². The Bertz CT molecular complexity index is 380. The fraction of sp³-hybridized carbons (Fsp3) is 0.250. The van der Waals surface area contributed by atoms with Crippen LogP contribution in [0.5, 0.6) is 5.75 Å². The van der Waals surface area contributed by atoms with Gasteiger partial charge in [-0.15, -0.1) is 6.58 Å². The maximum absolute atomic E-state index is 8.76. The van der Waals surface area contributed by atoms with Crippen molar-refractivity contribution in [1.29, 1.82) is 5.26 Å². The van der Waals surface area contributed by atoms with E-state index < -0.39 is 0 Å². The molecule has 1 aromatic rings. The van der Waals surface area contributed by atoms with E-state index in [2.05, 4.69) is 12.6 Å². The molecule has 0 unspecified atom stereocenters. The molecule has 0 aliphatic carbocycles. The lowest BCUT2D eigenvalue weighted by Crippen LogP contribution is -2.01. The minimum Gasteiger partial charge on any atom is -0.467 e. The van der Waals surface area contributed by atoms with E-state index in [0.29, 0.717) is 12.0 Å². The SMILES string of the molecule is C=CCc1cc(C#N)ccc1OCOC. The summed E-state index contributed by atoms with van der Waals surface area (Å²) < 4.78 is 10.2. The molecule has 78 valence electrons. The Hall–Kier alpha value is -1.79. The smallest absolute Gasteiger partial charge is 0.188 e. The monoisotopic (exact) mass is 203 g/mol. The van der Waals surface area contributed by atoms with Gasteiger partial charge in [0.25, 0.3) is 0 Å². The fourth-order valence-electron chi connectivity index (χ4n) is 1.23. The Kier molecular flexibility index (Phi) is 4.39. The topological polar surface area (TPSA) is 42.2 Å². The summed E-state index contributed by atoms with van der Waals surface area (Å²) in [6, 6.07) is 7.38. The standard InChI is InChI=1S/C12H13NO2/c1-3-4-11-7-10(8-13)5-6-12(11)15-9-14-2/h3,5-7H,1,4,9H2,2H3. The van der Waals surface area contributed by atoms with Gasteiger partial charge in [-0.25, -0.2) is 0 Å². The summed E-state index contributed by atoms with van der Waals surface area (Å²) in [4.78, 5) is 0. The van der Waals surface area contributed by atoms with Crippen molar-refractivity contribution in [1.82, 2.24) is 0 Å². The number of nitrogens with zero attached hydrogens (tertiary/aromatic N) is 1. The highest BCUT2D eigenvalue weighted by Gasteiger charge is 2.03. The molecular formula is C12H13NO2.